The van der Waals surface area contributed by atoms with Gasteiger partial charge in [0.1, 0.15) is 0 Å². The fourth-order valence-electron chi connectivity index (χ4n) is 2.99. The van der Waals surface area contributed by atoms with Crippen LogP contribution in [0.2, 0.25) is 0 Å². The van der Waals surface area contributed by atoms with Crippen LogP contribution >= 0.6 is 11.6 Å². The van der Waals surface area contributed by atoms with E-state index in [1.54, 1.807) is 0 Å². The molecule has 0 saturated heterocycles. The van der Waals surface area contributed by atoms with Crippen molar-refractivity contribution in [2.24, 2.45) is 17.3 Å². The van der Waals surface area contributed by atoms with Gasteiger partial charge in [-0.2, -0.15) is 0 Å². The van der Waals surface area contributed by atoms with E-state index in [1.165, 1.54) is 25.7 Å². The molecule has 0 aromatic heterocycles. The summed E-state index contributed by atoms with van der Waals surface area (Å²) in [6.45, 7) is 0. The van der Waals surface area contributed by atoms with Crippen LogP contribution in [-0.4, -0.2) is 5.38 Å². The van der Waals surface area contributed by atoms with Crippen LogP contribution in [0.3, 0.4) is 0 Å². The molecule has 1 spiro atoms. The molecule has 2 fully saturated rings. The minimum Gasteiger partial charge on any atom is -0.122 e. The fourth-order valence-corrected chi connectivity index (χ4v) is 3.58. The van der Waals surface area contributed by atoms with Crippen LogP contribution in [0, 0.1) is 17.3 Å². The molecule has 11 heavy (non-hydrogen) atoms. The van der Waals surface area contributed by atoms with E-state index in [0.29, 0.717) is 16.7 Å². The van der Waals surface area contributed by atoms with E-state index >= 15 is 0 Å². The lowest BCUT2D eigenvalue weighted by atomic mass is 9.66. The Bertz CT molecular complexity index is 215. The first-order valence-electron chi connectivity index (χ1n) is 4.65. The summed E-state index contributed by atoms with van der Waals surface area (Å²) in [5.74, 6) is 1.55. The third-order valence-electron chi connectivity index (χ3n) is 3.89. The lowest BCUT2D eigenvalue weighted by Gasteiger charge is -2.42. The molecule has 4 aliphatic rings. The molecule has 0 aliphatic heterocycles. The fraction of sp³-hybridized carbons (Fsp3) is 0.800. The maximum atomic E-state index is 6.42. The molecule has 2 bridgehead atoms. The normalized spacial score (nSPS) is 50.1. The number of alkyl halides is 1. The summed E-state index contributed by atoms with van der Waals surface area (Å²) in [6.07, 6.45) is 10.3. The standard InChI is InChI=1S/C10H13Cl/c11-9-7-1-3-8(4-2-7)10(9)5-6-10/h1,3,7-9H,2,4-6H2. The molecule has 0 amide bonds. The maximum absolute atomic E-state index is 6.42. The van der Waals surface area contributed by atoms with Crippen LogP contribution in [0.1, 0.15) is 25.7 Å². The minimum absolute atomic E-state index is 0.478. The van der Waals surface area contributed by atoms with Crippen molar-refractivity contribution in [3.05, 3.63) is 12.2 Å². The highest BCUT2D eigenvalue weighted by Gasteiger charge is 2.58. The van der Waals surface area contributed by atoms with Crippen molar-refractivity contribution in [3.8, 4) is 0 Å². The average molecular weight is 169 g/mol. The molecule has 0 heterocycles. The molecule has 60 valence electrons. The third kappa shape index (κ3) is 0.672. The Morgan fingerprint density at radius 2 is 2.00 bits per heavy atom. The number of allylic oxidation sites excluding steroid dienone is 2. The molecule has 2 saturated carbocycles. The summed E-state index contributed by atoms with van der Waals surface area (Å²) in [6, 6.07) is 0. The van der Waals surface area contributed by atoms with Gasteiger partial charge in [-0.15, -0.1) is 11.6 Å². The molecule has 0 radical (unpaired) electrons. The first-order valence-corrected chi connectivity index (χ1v) is 5.09. The van der Waals surface area contributed by atoms with Gasteiger partial charge in [-0.1, -0.05) is 12.2 Å². The SMILES string of the molecule is ClC1C2C=CC(CC2)C12CC2. The molecule has 4 aliphatic carbocycles. The summed E-state index contributed by atoms with van der Waals surface area (Å²) >= 11 is 6.42. The van der Waals surface area contributed by atoms with Gasteiger partial charge >= 0.3 is 0 Å². The average Bonchev–Trinajstić information content (AvgIpc) is 2.82. The molecule has 0 aromatic rings. The summed E-state index contributed by atoms with van der Waals surface area (Å²) < 4.78 is 0. The summed E-state index contributed by atoms with van der Waals surface area (Å²) in [4.78, 5) is 0. The maximum Gasteiger partial charge on any atom is 0.0460 e. The first kappa shape index (κ1) is 6.54. The van der Waals surface area contributed by atoms with Crippen molar-refractivity contribution < 1.29 is 0 Å². The van der Waals surface area contributed by atoms with Gasteiger partial charge in [0.15, 0.2) is 0 Å². The molecule has 3 atom stereocenters. The van der Waals surface area contributed by atoms with Crippen molar-refractivity contribution in [1.82, 2.24) is 0 Å². The van der Waals surface area contributed by atoms with Gasteiger partial charge < -0.3 is 0 Å². The molecule has 4 rings (SSSR count). The first-order chi connectivity index (χ1) is 5.33. The van der Waals surface area contributed by atoms with E-state index in [4.69, 9.17) is 11.6 Å². The van der Waals surface area contributed by atoms with Gasteiger partial charge in [-0.25, -0.2) is 0 Å². The van der Waals surface area contributed by atoms with Crippen LogP contribution in [0.5, 0.6) is 0 Å². The van der Waals surface area contributed by atoms with Crippen molar-refractivity contribution in [2.75, 3.05) is 0 Å². The van der Waals surface area contributed by atoms with Crippen LogP contribution < -0.4 is 0 Å². The zero-order valence-corrected chi connectivity index (χ0v) is 7.35. The van der Waals surface area contributed by atoms with Crippen molar-refractivity contribution in [1.29, 1.82) is 0 Å². The Hall–Kier alpha value is 0.0300. The summed E-state index contributed by atoms with van der Waals surface area (Å²) in [5.41, 5.74) is 0.583. The topological polar surface area (TPSA) is 0 Å². The number of fused-ring (bicyclic) bond motifs is 1. The highest BCUT2D eigenvalue weighted by molar-refractivity contribution is 6.21. The van der Waals surface area contributed by atoms with E-state index in [1.807, 2.05) is 0 Å². The van der Waals surface area contributed by atoms with Gasteiger partial charge in [0.05, 0.1) is 0 Å². The number of hydrogen-bond donors (Lipinski definition) is 0. The Kier molecular flexibility index (Phi) is 1.10. The number of halogens is 1. The van der Waals surface area contributed by atoms with E-state index in [0.717, 1.165) is 5.92 Å². The number of hydrogen-bond acceptors (Lipinski definition) is 0. The molecule has 1 heteroatoms. The second kappa shape index (κ2) is 1.85. The van der Waals surface area contributed by atoms with Gasteiger partial charge in [-0.3, -0.25) is 0 Å². The highest BCUT2D eigenvalue weighted by atomic mass is 35.5. The lowest BCUT2D eigenvalue weighted by Crippen LogP contribution is -2.39. The minimum atomic E-state index is 0.478. The molecule has 3 unspecified atom stereocenters. The van der Waals surface area contributed by atoms with E-state index < -0.39 is 0 Å². The molecule has 0 aromatic carbocycles. The Balaban J connectivity index is 2.03. The smallest absolute Gasteiger partial charge is 0.0460 e. The van der Waals surface area contributed by atoms with E-state index in [2.05, 4.69) is 12.2 Å². The number of rotatable bonds is 0. The lowest BCUT2D eigenvalue weighted by molar-refractivity contribution is 0.206. The van der Waals surface area contributed by atoms with Crippen LogP contribution in [0.15, 0.2) is 12.2 Å². The Morgan fingerprint density at radius 1 is 1.18 bits per heavy atom. The highest BCUT2D eigenvalue weighted by Crippen LogP contribution is 2.65. The Labute approximate surface area is 72.6 Å². The largest absolute Gasteiger partial charge is 0.122 e. The van der Waals surface area contributed by atoms with Crippen LogP contribution in [-0.2, 0) is 0 Å². The molecule has 0 nitrogen and oxygen atoms in total. The predicted molar refractivity (Wildman–Crippen MR) is 46.7 cm³/mol. The van der Waals surface area contributed by atoms with Gasteiger partial charge in [0, 0.05) is 5.38 Å². The van der Waals surface area contributed by atoms with Crippen LogP contribution in [0.4, 0.5) is 0 Å². The van der Waals surface area contributed by atoms with Gasteiger partial charge in [0.2, 0.25) is 0 Å². The van der Waals surface area contributed by atoms with Gasteiger partial charge in [-0.05, 0) is 42.9 Å². The quantitative estimate of drug-likeness (QED) is 0.386. The molecular weight excluding hydrogens is 156 g/mol. The van der Waals surface area contributed by atoms with Crippen LogP contribution in [0.25, 0.3) is 0 Å². The second-order valence-electron chi connectivity index (χ2n) is 4.37. The second-order valence-corrected chi connectivity index (χ2v) is 4.84. The van der Waals surface area contributed by atoms with Crippen molar-refractivity contribution >= 4 is 11.6 Å². The molecular formula is C10H13Cl. The van der Waals surface area contributed by atoms with E-state index in [-0.39, 0.29) is 0 Å². The third-order valence-corrected chi connectivity index (χ3v) is 4.65. The zero-order chi connectivity index (χ0) is 7.47. The van der Waals surface area contributed by atoms with Crippen molar-refractivity contribution in [2.45, 2.75) is 31.1 Å². The zero-order valence-electron chi connectivity index (χ0n) is 6.59. The predicted octanol–water partition coefficient (Wildman–Crippen LogP) is 2.97. The van der Waals surface area contributed by atoms with Gasteiger partial charge in [0.25, 0.3) is 0 Å². The summed E-state index contributed by atoms with van der Waals surface area (Å²) in [7, 11) is 0. The van der Waals surface area contributed by atoms with E-state index in [9.17, 15) is 0 Å². The summed E-state index contributed by atoms with van der Waals surface area (Å²) in [5, 5.41) is 0.478. The molecule has 0 N–H and O–H groups in total. The Morgan fingerprint density at radius 3 is 2.36 bits per heavy atom. The monoisotopic (exact) mass is 168 g/mol. The van der Waals surface area contributed by atoms with Crippen molar-refractivity contribution in [3.63, 3.8) is 0 Å².